The Morgan fingerprint density at radius 3 is 2.67 bits per heavy atom. The Morgan fingerprint density at radius 2 is 2.13 bits per heavy atom. The van der Waals surface area contributed by atoms with Crippen LogP contribution in [0, 0.1) is 5.41 Å². The normalized spacial score (nSPS) is 20.3. The molecule has 0 heterocycles. The maximum Gasteiger partial charge on any atom is 0.159 e. The fourth-order valence-electron chi connectivity index (χ4n) is 2.06. The third-order valence-corrected chi connectivity index (χ3v) is 3.24. The Morgan fingerprint density at radius 1 is 1.53 bits per heavy atom. The molecule has 82 valence electrons. The van der Waals surface area contributed by atoms with Gasteiger partial charge in [0, 0.05) is 12.8 Å². The standard InChI is InChI=1S/C13H18O2/c1-5-10(14)8-11-9(2)12(15)6-7-13(11,3)4/h5H,1,6-8H2,2-4H3. The second kappa shape index (κ2) is 4.13. The average molecular weight is 206 g/mol. The second-order valence-electron chi connectivity index (χ2n) is 4.76. The van der Waals surface area contributed by atoms with Crippen molar-refractivity contribution in [3.63, 3.8) is 0 Å². The van der Waals surface area contributed by atoms with Gasteiger partial charge < -0.3 is 0 Å². The van der Waals surface area contributed by atoms with Crippen LogP contribution in [-0.4, -0.2) is 11.6 Å². The highest BCUT2D eigenvalue weighted by molar-refractivity contribution is 5.99. The topological polar surface area (TPSA) is 34.1 Å². The van der Waals surface area contributed by atoms with Crippen LogP contribution in [0.5, 0.6) is 0 Å². The van der Waals surface area contributed by atoms with Gasteiger partial charge in [0.1, 0.15) is 0 Å². The third-order valence-electron chi connectivity index (χ3n) is 3.24. The Labute approximate surface area is 91.1 Å². The Balaban J connectivity index is 3.06. The van der Waals surface area contributed by atoms with E-state index < -0.39 is 0 Å². The first-order chi connectivity index (χ1) is 6.88. The van der Waals surface area contributed by atoms with Crippen LogP contribution in [0.3, 0.4) is 0 Å². The molecule has 0 radical (unpaired) electrons. The van der Waals surface area contributed by atoms with Gasteiger partial charge >= 0.3 is 0 Å². The fraction of sp³-hybridized carbons (Fsp3) is 0.538. The largest absolute Gasteiger partial charge is 0.295 e. The molecule has 0 bridgehead atoms. The van der Waals surface area contributed by atoms with Crippen LogP contribution < -0.4 is 0 Å². The van der Waals surface area contributed by atoms with Crippen molar-refractivity contribution < 1.29 is 9.59 Å². The van der Waals surface area contributed by atoms with E-state index in [1.807, 2.05) is 6.92 Å². The smallest absolute Gasteiger partial charge is 0.159 e. The summed E-state index contributed by atoms with van der Waals surface area (Å²) < 4.78 is 0. The summed E-state index contributed by atoms with van der Waals surface area (Å²) in [6.07, 6.45) is 3.11. The summed E-state index contributed by atoms with van der Waals surface area (Å²) in [6.45, 7) is 9.47. The number of carbonyl (C=O) groups is 2. The molecule has 1 aliphatic rings. The minimum atomic E-state index is -0.0311. The van der Waals surface area contributed by atoms with Gasteiger partial charge in [-0.1, -0.05) is 26.0 Å². The molecule has 0 spiro atoms. The fourth-order valence-corrected chi connectivity index (χ4v) is 2.06. The van der Waals surface area contributed by atoms with E-state index in [1.54, 1.807) is 0 Å². The summed E-state index contributed by atoms with van der Waals surface area (Å²) in [4.78, 5) is 22.9. The minimum absolute atomic E-state index is 0.00729. The molecule has 1 aliphatic carbocycles. The van der Waals surface area contributed by atoms with Crippen LogP contribution in [0.25, 0.3) is 0 Å². The van der Waals surface area contributed by atoms with Crippen molar-refractivity contribution in [3.05, 3.63) is 23.8 Å². The van der Waals surface area contributed by atoms with Gasteiger partial charge in [0.15, 0.2) is 11.6 Å². The van der Waals surface area contributed by atoms with Gasteiger partial charge in [-0.15, -0.1) is 0 Å². The molecular weight excluding hydrogens is 188 g/mol. The van der Waals surface area contributed by atoms with Crippen molar-refractivity contribution in [3.8, 4) is 0 Å². The zero-order valence-corrected chi connectivity index (χ0v) is 9.72. The number of carbonyl (C=O) groups excluding carboxylic acids is 2. The van der Waals surface area contributed by atoms with Gasteiger partial charge in [-0.2, -0.15) is 0 Å². The lowest BCUT2D eigenvalue weighted by Crippen LogP contribution is -2.26. The quantitative estimate of drug-likeness (QED) is 0.665. The van der Waals surface area contributed by atoms with E-state index >= 15 is 0 Å². The number of ketones is 2. The summed E-state index contributed by atoms with van der Waals surface area (Å²) in [7, 11) is 0. The zero-order chi connectivity index (χ0) is 11.6. The molecule has 0 saturated carbocycles. The lowest BCUT2D eigenvalue weighted by atomic mass is 9.70. The summed E-state index contributed by atoms with van der Waals surface area (Å²) in [5, 5.41) is 0. The molecule has 0 unspecified atom stereocenters. The van der Waals surface area contributed by atoms with Gasteiger partial charge in [0.05, 0.1) is 0 Å². The molecule has 0 fully saturated rings. The first kappa shape index (κ1) is 11.9. The molecule has 15 heavy (non-hydrogen) atoms. The highest BCUT2D eigenvalue weighted by atomic mass is 16.1. The summed E-state index contributed by atoms with van der Waals surface area (Å²) in [6, 6.07) is 0. The lowest BCUT2D eigenvalue weighted by molar-refractivity contribution is -0.116. The van der Waals surface area contributed by atoms with Crippen molar-refractivity contribution >= 4 is 11.6 Å². The van der Waals surface area contributed by atoms with Crippen LogP contribution in [0.1, 0.15) is 40.0 Å². The molecule has 0 atom stereocenters. The molecule has 0 aromatic carbocycles. The van der Waals surface area contributed by atoms with Gasteiger partial charge in [0.2, 0.25) is 0 Å². The molecule has 2 heteroatoms. The number of Topliss-reactive ketones (excluding diaryl/α,β-unsaturated/α-hetero) is 1. The monoisotopic (exact) mass is 206 g/mol. The van der Waals surface area contributed by atoms with Gasteiger partial charge in [-0.05, 0) is 30.4 Å². The van der Waals surface area contributed by atoms with E-state index in [0.717, 1.165) is 17.6 Å². The van der Waals surface area contributed by atoms with E-state index in [4.69, 9.17) is 0 Å². The molecule has 0 aliphatic heterocycles. The molecule has 0 amide bonds. The van der Waals surface area contributed by atoms with Gasteiger partial charge in [-0.25, -0.2) is 0 Å². The van der Waals surface area contributed by atoms with Crippen molar-refractivity contribution in [1.29, 1.82) is 0 Å². The summed E-state index contributed by atoms with van der Waals surface area (Å²) >= 11 is 0. The van der Waals surface area contributed by atoms with E-state index in [2.05, 4.69) is 20.4 Å². The molecule has 0 saturated heterocycles. The maximum atomic E-state index is 11.6. The van der Waals surface area contributed by atoms with E-state index in [-0.39, 0.29) is 17.0 Å². The first-order valence-electron chi connectivity index (χ1n) is 5.27. The number of hydrogen-bond donors (Lipinski definition) is 0. The molecular formula is C13H18O2. The van der Waals surface area contributed by atoms with Gasteiger partial charge in [-0.3, -0.25) is 9.59 Å². The third kappa shape index (κ3) is 2.44. The first-order valence-corrected chi connectivity index (χ1v) is 5.27. The maximum absolute atomic E-state index is 11.6. The highest BCUT2D eigenvalue weighted by Gasteiger charge is 2.32. The Kier molecular flexibility index (Phi) is 3.28. The van der Waals surface area contributed by atoms with E-state index in [1.165, 1.54) is 6.08 Å². The van der Waals surface area contributed by atoms with Gasteiger partial charge in [0.25, 0.3) is 0 Å². The summed E-state index contributed by atoms with van der Waals surface area (Å²) in [5.41, 5.74) is 1.74. The van der Waals surface area contributed by atoms with E-state index in [9.17, 15) is 9.59 Å². The second-order valence-corrected chi connectivity index (χ2v) is 4.76. The molecule has 0 aromatic rings. The summed E-state index contributed by atoms with van der Waals surface area (Å²) in [5.74, 6) is 0.174. The predicted octanol–water partition coefficient (Wildman–Crippen LogP) is 2.84. The van der Waals surface area contributed by atoms with Crippen LogP contribution in [0.15, 0.2) is 23.8 Å². The van der Waals surface area contributed by atoms with Crippen LogP contribution >= 0.6 is 0 Å². The number of rotatable bonds is 3. The zero-order valence-electron chi connectivity index (χ0n) is 9.72. The Hall–Kier alpha value is -1.18. The van der Waals surface area contributed by atoms with Crippen LogP contribution in [-0.2, 0) is 9.59 Å². The van der Waals surface area contributed by atoms with Crippen molar-refractivity contribution in [2.24, 2.45) is 5.41 Å². The van der Waals surface area contributed by atoms with Crippen LogP contribution in [0.2, 0.25) is 0 Å². The van der Waals surface area contributed by atoms with Crippen LogP contribution in [0.4, 0.5) is 0 Å². The van der Waals surface area contributed by atoms with Crippen molar-refractivity contribution in [2.45, 2.75) is 40.0 Å². The highest BCUT2D eigenvalue weighted by Crippen LogP contribution is 2.40. The van der Waals surface area contributed by atoms with Crippen molar-refractivity contribution in [1.82, 2.24) is 0 Å². The molecule has 2 nitrogen and oxygen atoms in total. The number of hydrogen-bond acceptors (Lipinski definition) is 2. The molecule has 1 rings (SSSR count). The SMILES string of the molecule is C=CC(=O)CC1=C(C)C(=O)CCC1(C)C. The lowest BCUT2D eigenvalue weighted by Gasteiger charge is -2.33. The predicted molar refractivity (Wildman–Crippen MR) is 60.5 cm³/mol. The molecule has 0 aromatic heterocycles. The number of allylic oxidation sites excluding steroid dienone is 3. The average Bonchev–Trinajstić information content (AvgIpc) is 2.19. The minimum Gasteiger partial charge on any atom is -0.295 e. The van der Waals surface area contributed by atoms with E-state index in [0.29, 0.717) is 12.8 Å². The van der Waals surface area contributed by atoms with Crippen molar-refractivity contribution in [2.75, 3.05) is 0 Å². The Bertz CT molecular complexity index is 346. The molecule has 0 N–H and O–H groups in total.